The second-order valence-electron chi connectivity index (χ2n) is 6.50. The monoisotopic (exact) mass is 411 g/mol. The van der Waals surface area contributed by atoms with E-state index in [9.17, 15) is 13.2 Å². The summed E-state index contributed by atoms with van der Waals surface area (Å²) in [5.74, 6) is 0.915. The predicted molar refractivity (Wildman–Crippen MR) is 96.5 cm³/mol. The minimum absolute atomic E-state index is 0.0471. The molecule has 0 fully saturated rings. The number of aryl methyl sites for hydroxylation is 2. The fourth-order valence-electron chi connectivity index (χ4n) is 3.34. The third-order valence-corrected chi connectivity index (χ3v) is 5.00. The fourth-order valence-corrected chi connectivity index (χ4v) is 3.60. The van der Waals surface area contributed by atoms with E-state index in [2.05, 4.69) is 25.4 Å². The number of halogens is 4. The normalized spacial score (nSPS) is 16.4. The SMILES string of the molecule is CCCc1nc(Nc2cnn(C3CCn4ccnc43)c2Cl)ncc1C(F)(F)F. The molecule has 1 aliphatic heterocycles. The first-order valence-corrected chi connectivity index (χ1v) is 9.20. The van der Waals surface area contributed by atoms with Gasteiger partial charge in [0.1, 0.15) is 11.9 Å². The Balaban J connectivity index is 1.60. The molecule has 4 rings (SSSR count). The highest BCUT2D eigenvalue weighted by Gasteiger charge is 2.35. The van der Waals surface area contributed by atoms with Crippen molar-refractivity contribution in [2.45, 2.75) is 44.9 Å². The molecule has 28 heavy (non-hydrogen) atoms. The summed E-state index contributed by atoms with van der Waals surface area (Å²) in [6, 6.07) is -0.0952. The molecule has 7 nitrogen and oxygen atoms in total. The zero-order valence-corrected chi connectivity index (χ0v) is 15.7. The summed E-state index contributed by atoms with van der Waals surface area (Å²) in [7, 11) is 0. The Bertz CT molecular complexity index is 995. The molecule has 3 aromatic heterocycles. The lowest BCUT2D eigenvalue weighted by molar-refractivity contribution is -0.138. The number of hydrogen-bond acceptors (Lipinski definition) is 5. The summed E-state index contributed by atoms with van der Waals surface area (Å²) in [4.78, 5) is 12.2. The first-order valence-electron chi connectivity index (χ1n) is 8.82. The first-order chi connectivity index (χ1) is 13.4. The Kier molecular flexibility index (Phi) is 4.74. The number of imidazole rings is 1. The second-order valence-corrected chi connectivity index (χ2v) is 6.86. The van der Waals surface area contributed by atoms with Crippen LogP contribution in [0.2, 0.25) is 5.15 Å². The molecule has 0 spiro atoms. The van der Waals surface area contributed by atoms with Crippen LogP contribution in [0, 0.1) is 0 Å². The molecule has 0 radical (unpaired) electrons. The van der Waals surface area contributed by atoms with Crippen molar-refractivity contribution in [3.63, 3.8) is 0 Å². The molecule has 1 N–H and O–H groups in total. The zero-order valence-electron chi connectivity index (χ0n) is 14.9. The third kappa shape index (κ3) is 3.32. The van der Waals surface area contributed by atoms with Crippen LogP contribution in [0.1, 0.15) is 42.9 Å². The number of hydrogen-bond donors (Lipinski definition) is 1. The highest BCUT2D eigenvalue weighted by Crippen LogP contribution is 2.35. The molecule has 0 aromatic carbocycles. The summed E-state index contributed by atoms with van der Waals surface area (Å²) in [5.41, 5.74) is -0.442. The average Bonchev–Trinajstić information content (AvgIpc) is 3.32. The van der Waals surface area contributed by atoms with Gasteiger partial charge in [0, 0.05) is 25.1 Å². The molecule has 1 unspecified atom stereocenters. The van der Waals surface area contributed by atoms with Crippen LogP contribution in [-0.2, 0) is 19.1 Å². The van der Waals surface area contributed by atoms with Gasteiger partial charge < -0.3 is 9.88 Å². The topological polar surface area (TPSA) is 73.5 Å². The van der Waals surface area contributed by atoms with E-state index in [0.717, 1.165) is 25.0 Å². The van der Waals surface area contributed by atoms with Crippen LogP contribution in [-0.4, -0.2) is 29.3 Å². The maximum atomic E-state index is 13.1. The van der Waals surface area contributed by atoms with E-state index in [4.69, 9.17) is 11.6 Å². The molecule has 0 saturated heterocycles. The first kappa shape index (κ1) is 18.7. The number of nitrogens with zero attached hydrogens (tertiary/aromatic N) is 6. The Labute approximate surface area is 163 Å². The van der Waals surface area contributed by atoms with Crippen molar-refractivity contribution in [3.8, 4) is 0 Å². The maximum absolute atomic E-state index is 13.1. The number of rotatable bonds is 5. The molecule has 0 aliphatic carbocycles. The quantitative estimate of drug-likeness (QED) is 0.680. The standard InChI is InChI=1S/C17H17ClF3N7/c1-2-3-11-10(17(19,20)21)8-23-16(25-11)26-12-9-24-28(14(12)18)13-4-6-27-7-5-22-15(13)27/h5,7-9,13H,2-4,6H2,1H3,(H,23,25,26). The smallest absolute Gasteiger partial charge is 0.333 e. The molecule has 0 amide bonds. The minimum atomic E-state index is -4.49. The van der Waals surface area contributed by atoms with Crippen LogP contribution < -0.4 is 5.32 Å². The summed E-state index contributed by atoms with van der Waals surface area (Å²) in [6.07, 6.45) is 2.98. The Morgan fingerprint density at radius 2 is 2.11 bits per heavy atom. The highest BCUT2D eigenvalue weighted by molar-refractivity contribution is 6.32. The third-order valence-electron chi connectivity index (χ3n) is 4.63. The van der Waals surface area contributed by atoms with Gasteiger partial charge in [0.15, 0.2) is 5.15 Å². The van der Waals surface area contributed by atoms with Gasteiger partial charge in [0.2, 0.25) is 5.95 Å². The van der Waals surface area contributed by atoms with E-state index in [1.54, 1.807) is 17.8 Å². The Morgan fingerprint density at radius 3 is 2.86 bits per heavy atom. The molecule has 0 saturated carbocycles. The lowest BCUT2D eigenvalue weighted by Crippen LogP contribution is -2.13. The van der Waals surface area contributed by atoms with E-state index in [1.807, 2.05) is 10.8 Å². The van der Waals surface area contributed by atoms with Crippen LogP contribution in [0.15, 0.2) is 24.8 Å². The molecule has 1 aliphatic rings. The van der Waals surface area contributed by atoms with Crippen molar-refractivity contribution in [3.05, 3.63) is 47.0 Å². The lowest BCUT2D eigenvalue weighted by atomic mass is 10.1. The van der Waals surface area contributed by atoms with Gasteiger partial charge in [0.05, 0.1) is 23.1 Å². The van der Waals surface area contributed by atoms with Gasteiger partial charge in [-0.05, 0) is 12.8 Å². The van der Waals surface area contributed by atoms with Crippen LogP contribution in [0.4, 0.5) is 24.8 Å². The van der Waals surface area contributed by atoms with Gasteiger partial charge >= 0.3 is 6.18 Å². The van der Waals surface area contributed by atoms with Gasteiger partial charge in [0.25, 0.3) is 0 Å². The van der Waals surface area contributed by atoms with Gasteiger partial charge in [-0.25, -0.2) is 19.6 Å². The Hall–Kier alpha value is -2.62. The number of alkyl halides is 3. The molecule has 1 atom stereocenters. The van der Waals surface area contributed by atoms with Crippen molar-refractivity contribution in [1.82, 2.24) is 29.3 Å². The lowest BCUT2D eigenvalue weighted by Gasteiger charge is -2.13. The van der Waals surface area contributed by atoms with E-state index in [1.165, 1.54) is 6.20 Å². The molecular formula is C17H17ClF3N7. The summed E-state index contributed by atoms with van der Waals surface area (Å²) in [6.45, 7) is 2.61. The molecule has 3 aromatic rings. The van der Waals surface area contributed by atoms with E-state index in [-0.39, 0.29) is 24.1 Å². The van der Waals surface area contributed by atoms with Crippen molar-refractivity contribution in [2.75, 3.05) is 5.32 Å². The van der Waals surface area contributed by atoms with Crippen molar-refractivity contribution >= 4 is 23.2 Å². The van der Waals surface area contributed by atoms with Gasteiger partial charge in [-0.15, -0.1) is 0 Å². The van der Waals surface area contributed by atoms with Gasteiger partial charge in [-0.2, -0.15) is 18.3 Å². The average molecular weight is 412 g/mol. The van der Waals surface area contributed by atoms with E-state index < -0.39 is 11.7 Å². The van der Waals surface area contributed by atoms with E-state index >= 15 is 0 Å². The summed E-state index contributed by atoms with van der Waals surface area (Å²) in [5, 5.41) is 7.52. The van der Waals surface area contributed by atoms with Gasteiger partial charge in [-0.1, -0.05) is 24.9 Å². The van der Waals surface area contributed by atoms with Crippen molar-refractivity contribution in [2.24, 2.45) is 0 Å². The van der Waals surface area contributed by atoms with Crippen LogP contribution in [0.25, 0.3) is 0 Å². The number of nitrogens with one attached hydrogen (secondary N) is 1. The molecule has 11 heteroatoms. The highest BCUT2D eigenvalue weighted by atomic mass is 35.5. The number of anilines is 2. The summed E-state index contributed by atoms with van der Waals surface area (Å²) < 4.78 is 43.0. The predicted octanol–water partition coefficient (Wildman–Crippen LogP) is 4.23. The minimum Gasteiger partial charge on any atom is -0.333 e. The van der Waals surface area contributed by atoms with Crippen LogP contribution in [0.5, 0.6) is 0 Å². The Morgan fingerprint density at radius 1 is 1.29 bits per heavy atom. The van der Waals surface area contributed by atoms with Crippen LogP contribution >= 0.6 is 11.6 Å². The van der Waals surface area contributed by atoms with Crippen molar-refractivity contribution < 1.29 is 13.2 Å². The number of fused-ring (bicyclic) bond motifs is 1. The van der Waals surface area contributed by atoms with Crippen LogP contribution in [0.3, 0.4) is 0 Å². The fraction of sp³-hybridized carbons (Fsp3) is 0.412. The molecular weight excluding hydrogens is 395 g/mol. The number of aromatic nitrogens is 6. The largest absolute Gasteiger partial charge is 0.419 e. The van der Waals surface area contributed by atoms with Gasteiger partial charge in [-0.3, -0.25) is 0 Å². The molecule has 148 valence electrons. The zero-order chi connectivity index (χ0) is 19.9. The molecule has 0 bridgehead atoms. The van der Waals surface area contributed by atoms with E-state index in [0.29, 0.717) is 17.3 Å². The molecule has 4 heterocycles. The summed E-state index contributed by atoms with van der Waals surface area (Å²) >= 11 is 6.46. The maximum Gasteiger partial charge on any atom is 0.419 e. The second kappa shape index (κ2) is 7.08. The van der Waals surface area contributed by atoms with Crippen molar-refractivity contribution in [1.29, 1.82) is 0 Å².